The molecule has 0 atom stereocenters. The fourth-order valence-corrected chi connectivity index (χ4v) is 1.59. The molecule has 0 amide bonds. The van der Waals surface area contributed by atoms with Gasteiger partial charge < -0.3 is 16.2 Å². The number of benzene rings is 1. The van der Waals surface area contributed by atoms with Crippen LogP contribution in [0.3, 0.4) is 0 Å². The van der Waals surface area contributed by atoms with Crippen LogP contribution < -0.4 is 11.1 Å². The van der Waals surface area contributed by atoms with Crippen LogP contribution in [0, 0.1) is 0 Å². The largest absolute Gasteiger partial charge is 0.478 e. The van der Waals surface area contributed by atoms with Crippen LogP contribution in [0.25, 0.3) is 0 Å². The second-order valence-electron chi connectivity index (χ2n) is 3.82. The van der Waals surface area contributed by atoms with Gasteiger partial charge in [0.1, 0.15) is 0 Å². The number of nitrogen functional groups attached to an aromatic ring is 1. The minimum Gasteiger partial charge on any atom is -0.478 e. The standard InChI is InChI=1S/C13H13N3O2/c14-10-1-2-11(13(17)18)12(7-10)16-8-9-3-5-15-6-4-9/h1-7,16H,8,14H2,(H,17,18). The van der Waals surface area contributed by atoms with Crippen molar-refractivity contribution in [2.75, 3.05) is 11.1 Å². The molecule has 2 rings (SSSR count). The predicted molar refractivity (Wildman–Crippen MR) is 69.4 cm³/mol. The van der Waals surface area contributed by atoms with Gasteiger partial charge in [0, 0.05) is 24.6 Å². The highest BCUT2D eigenvalue weighted by atomic mass is 16.4. The monoisotopic (exact) mass is 243 g/mol. The molecule has 1 aromatic heterocycles. The maximum Gasteiger partial charge on any atom is 0.337 e. The van der Waals surface area contributed by atoms with E-state index in [4.69, 9.17) is 10.8 Å². The molecule has 5 nitrogen and oxygen atoms in total. The maximum absolute atomic E-state index is 11.1. The van der Waals surface area contributed by atoms with Crippen molar-refractivity contribution in [2.24, 2.45) is 0 Å². The molecule has 1 aromatic carbocycles. The van der Waals surface area contributed by atoms with E-state index in [0.717, 1.165) is 5.56 Å². The zero-order chi connectivity index (χ0) is 13.0. The summed E-state index contributed by atoms with van der Waals surface area (Å²) in [6.45, 7) is 0.520. The number of anilines is 2. The Kier molecular flexibility index (Phi) is 3.43. The maximum atomic E-state index is 11.1. The third-order valence-electron chi connectivity index (χ3n) is 2.51. The summed E-state index contributed by atoms with van der Waals surface area (Å²) in [6.07, 6.45) is 3.38. The molecule has 92 valence electrons. The van der Waals surface area contributed by atoms with Crippen molar-refractivity contribution in [2.45, 2.75) is 6.54 Å². The van der Waals surface area contributed by atoms with Crippen LogP contribution in [0.15, 0.2) is 42.7 Å². The minimum absolute atomic E-state index is 0.207. The van der Waals surface area contributed by atoms with Crippen molar-refractivity contribution in [3.63, 3.8) is 0 Å². The van der Waals surface area contributed by atoms with E-state index in [2.05, 4.69) is 10.3 Å². The summed E-state index contributed by atoms with van der Waals surface area (Å²) < 4.78 is 0. The van der Waals surface area contributed by atoms with Crippen molar-refractivity contribution in [1.82, 2.24) is 4.98 Å². The number of pyridine rings is 1. The van der Waals surface area contributed by atoms with Crippen LogP contribution in [0.5, 0.6) is 0 Å². The Balaban J connectivity index is 2.18. The highest BCUT2D eigenvalue weighted by Gasteiger charge is 2.09. The van der Waals surface area contributed by atoms with Gasteiger partial charge in [0.2, 0.25) is 0 Å². The second kappa shape index (κ2) is 5.18. The van der Waals surface area contributed by atoms with Gasteiger partial charge in [-0.3, -0.25) is 4.98 Å². The van der Waals surface area contributed by atoms with Crippen molar-refractivity contribution in [3.8, 4) is 0 Å². The van der Waals surface area contributed by atoms with E-state index in [1.54, 1.807) is 24.5 Å². The molecule has 1 heterocycles. The lowest BCUT2D eigenvalue weighted by molar-refractivity contribution is 0.0698. The molecule has 0 aliphatic rings. The smallest absolute Gasteiger partial charge is 0.337 e. The van der Waals surface area contributed by atoms with Gasteiger partial charge in [-0.25, -0.2) is 4.79 Å². The Morgan fingerprint density at radius 2 is 2.00 bits per heavy atom. The summed E-state index contributed by atoms with van der Waals surface area (Å²) in [5.41, 5.74) is 7.92. The third-order valence-corrected chi connectivity index (χ3v) is 2.51. The van der Waals surface area contributed by atoms with E-state index < -0.39 is 5.97 Å². The number of carboxylic acids is 1. The fourth-order valence-electron chi connectivity index (χ4n) is 1.59. The van der Waals surface area contributed by atoms with E-state index in [1.165, 1.54) is 6.07 Å². The van der Waals surface area contributed by atoms with Crippen molar-refractivity contribution in [3.05, 3.63) is 53.9 Å². The molecule has 0 bridgehead atoms. The summed E-state index contributed by atoms with van der Waals surface area (Å²) in [7, 11) is 0. The van der Waals surface area contributed by atoms with Gasteiger partial charge in [0.05, 0.1) is 11.3 Å². The predicted octanol–water partition coefficient (Wildman–Crippen LogP) is 1.97. The Labute approximate surface area is 104 Å². The normalized spacial score (nSPS) is 10.0. The molecule has 0 unspecified atom stereocenters. The first-order chi connectivity index (χ1) is 8.66. The Hall–Kier alpha value is -2.56. The average Bonchev–Trinajstić information content (AvgIpc) is 2.37. The van der Waals surface area contributed by atoms with Crippen LogP contribution in [0.2, 0.25) is 0 Å². The van der Waals surface area contributed by atoms with Crippen LogP contribution in [0.4, 0.5) is 11.4 Å². The number of aromatic nitrogens is 1. The van der Waals surface area contributed by atoms with Gasteiger partial charge in [-0.1, -0.05) is 0 Å². The molecule has 0 aliphatic carbocycles. The van der Waals surface area contributed by atoms with Gasteiger partial charge in [0.15, 0.2) is 0 Å². The molecule has 0 saturated heterocycles. The topological polar surface area (TPSA) is 88.2 Å². The zero-order valence-corrected chi connectivity index (χ0v) is 9.63. The van der Waals surface area contributed by atoms with E-state index in [-0.39, 0.29) is 5.56 Å². The van der Waals surface area contributed by atoms with Gasteiger partial charge in [-0.05, 0) is 35.9 Å². The molecule has 5 heteroatoms. The van der Waals surface area contributed by atoms with E-state index in [0.29, 0.717) is 17.9 Å². The minimum atomic E-state index is -0.979. The molecule has 18 heavy (non-hydrogen) atoms. The quantitative estimate of drug-likeness (QED) is 0.714. The second-order valence-corrected chi connectivity index (χ2v) is 3.82. The van der Waals surface area contributed by atoms with Crippen molar-refractivity contribution >= 4 is 17.3 Å². The molecular weight excluding hydrogens is 230 g/mol. The molecule has 0 spiro atoms. The number of hydrogen-bond acceptors (Lipinski definition) is 4. The van der Waals surface area contributed by atoms with Crippen LogP contribution in [0.1, 0.15) is 15.9 Å². The molecule has 4 N–H and O–H groups in total. The molecular formula is C13H13N3O2. The Bertz CT molecular complexity index is 555. The summed E-state index contributed by atoms with van der Waals surface area (Å²) >= 11 is 0. The summed E-state index contributed by atoms with van der Waals surface area (Å²) in [6, 6.07) is 8.40. The first-order valence-corrected chi connectivity index (χ1v) is 5.42. The lowest BCUT2D eigenvalue weighted by Gasteiger charge is -2.10. The van der Waals surface area contributed by atoms with Crippen molar-refractivity contribution in [1.29, 1.82) is 0 Å². The van der Waals surface area contributed by atoms with Crippen LogP contribution in [-0.2, 0) is 6.54 Å². The van der Waals surface area contributed by atoms with Crippen LogP contribution >= 0.6 is 0 Å². The van der Waals surface area contributed by atoms with E-state index in [9.17, 15) is 4.79 Å². The number of carboxylic acid groups (broad SMARTS) is 1. The number of rotatable bonds is 4. The molecule has 0 fully saturated rings. The third kappa shape index (κ3) is 2.76. The van der Waals surface area contributed by atoms with Gasteiger partial charge in [-0.15, -0.1) is 0 Å². The lowest BCUT2D eigenvalue weighted by atomic mass is 10.1. The van der Waals surface area contributed by atoms with Crippen molar-refractivity contribution < 1.29 is 9.90 Å². The zero-order valence-electron chi connectivity index (χ0n) is 9.63. The number of aromatic carboxylic acids is 1. The van der Waals surface area contributed by atoms with Crippen LogP contribution in [-0.4, -0.2) is 16.1 Å². The summed E-state index contributed by atoms with van der Waals surface area (Å²) in [4.78, 5) is 15.0. The molecule has 0 radical (unpaired) electrons. The molecule has 0 aliphatic heterocycles. The van der Waals surface area contributed by atoms with Gasteiger partial charge in [0.25, 0.3) is 0 Å². The highest BCUT2D eigenvalue weighted by molar-refractivity contribution is 5.95. The first-order valence-electron chi connectivity index (χ1n) is 5.42. The van der Waals surface area contributed by atoms with E-state index >= 15 is 0 Å². The fraction of sp³-hybridized carbons (Fsp3) is 0.0769. The lowest BCUT2D eigenvalue weighted by Crippen LogP contribution is -2.07. The average molecular weight is 243 g/mol. The number of carbonyl (C=O) groups is 1. The molecule has 2 aromatic rings. The number of nitrogens with two attached hydrogens (primary N) is 1. The number of hydrogen-bond donors (Lipinski definition) is 3. The Morgan fingerprint density at radius 1 is 1.28 bits per heavy atom. The number of nitrogens with zero attached hydrogens (tertiary/aromatic N) is 1. The SMILES string of the molecule is Nc1ccc(C(=O)O)c(NCc2ccncc2)c1. The molecule has 0 saturated carbocycles. The van der Waals surface area contributed by atoms with E-state index in [1.807, 2.05) is 12.1 Å². The first kappa shape index (κ1) is 11.9. The summed E-state index contributed by atoms with van der Waals surface area (Å²) in [5, 5.41) is 12.1. The highest BCUT2D eigenvalue weighted by Crippen LogP contribution is 2.20. The Morgan fingerprint density at radius 3 is 2.67 bits per heavy atom. The summed E-state index contributed by atoms with van der Waals surface area (Å²) in [5.74, 6) is -0.979. The van der Waals surface area contributed by atoms with Gasteiger partial charge in [-0.2, -0.15) is 0 Å². The van der Waals surface area contributed by atoms with Gasteiger partial charge >= 0.3 is 5.97 Å². The number of nitrogens with one attached hydrogen (secondary N) is 1.